The van der Waals surface area contributed by atoms with Crippen molar-refractivity contribution < 1.29 is 4.79 Å². The summed E-state index contributed by atoms with van der Waals surface area (Å²) in [5.74, 6) is 0.528. The number of nitrogens with one attached hydrogen (secondary N) is 1. The minimum atomic E-state index is -0.214. The van der Waals surface area contributed by atoms with Crippen molar-refractivity contribution in [2.45, 2.75) is 31.8 Å². The van der Waals surface area contributed by atoms with Crippen LogP contribution in [0.5, 0.6) is 0 Å². The van der Waals surface area contributed by atoms with Crippen LogP contribution in [0.1, 0.15) is 30.1 Å². The van der Waals surface area contributed by atoms with E-state index in [1.807, 2.05) is 28.8 Å². The second-order valence-corrected chi connectivity index (χ2v) is 5.29. The van der Waals surface area contributed by atoms with E-state index in [2.05, 4.69) is 15.5 Å². The van der Waals surface area contributed by atoms with E-state index in [4.69, 9.17) is 11.6 Å². The van der Waals surface area contributed by atoms with Crippen molar-refractivity contribution in [3.8, 4) is 0 Å². The number of fused-ring (bicyclic) bond motifs is 1. The zero-order valence-corrected chi connectivity index (χ0v) is 11.7. The molecule has 6 heteroatoms. The van der Waals surface area contributed by atoms with Gasteiger partial charge in [0.05, 0.1) is 5.92 Å². The standard InChI is InChI=1S/C14H15ClN4O/c15-12-6-2-1-4-10(12)8-16-14(20)11-5-3-7-19-9-17-18-13(11)19/h1-2,4,6,9,11H,3,5,7-8H2,(H,16,20). The van der Waals surface area contributed by atoms with Crippen LogP contribution in [0.2, 0.25) is 5.02 Å². The smallest absolute Gasteiger partial charge is 0.231 e. The van der Waals surface area contributed by atoms with E-state index in [1.54, 1.807) is 6.33 Å². The van der Waals surface area contributed by atoms with Gasteiger partial charge in [0, 0.05) is 18.1 Å². The third kappa shape index (κ3) is 2.54. The number of amides is 1. The molecular weight excluding hydrogens is 276 g/mol. The molecule has 1 aromatic carbocycles. The van der Waals surface area contributed by atoms with Crippen LogP contribution in [0.4, 0.5) is 0 Å². The molecule has 0 bridgehead atoms. The summed E-state index contributed by atoms with van der Waals surface area (Å²) in [6.45, 7) is 1.32. The lowest BCUT2D eigenvalue weighted by molar-refractivity contribution is -0.123. The molecule has 3 rings (SSSR count). The molecule has 20 heavy (non-hydrogen) atoms. The van der Waals surface area contributed by atoms with Gasteiger partial charge < -0.3 is 9.88 Å². The van der Waals surface area contributed by atoms with Gasteiger partial charge in [-0.1, -0.05) is 29.8 Å². The van der Waals surface area contributed by atoms with Gasteiger partial charge in [-0.2, -0.15) is 0 Å². The third-order valence-corrected chi connectivity index (χ3v) is 3.95. The minimum absolute atomic E-state index is 0.0149. The summed E-state index contributed by atoms with van der Waals surface area (Å²) in [6, 6.07) is 7.51. The molecule has 1 amide bonds. The molecule has 1 aliphatic heterocycles. The summed E-state index contributed by atoms with van der Waals surface area (Å²) < 4.78 is 1.95. The van der Waals surface area contributed by atoms with E-state index >= 15 is 0 Å². The number of halogens is 1. The van der Waals surface area contributed by atoms with Crippen LogP contribution in [0.15, 0.2) is 30.6 Å². The highest BCUT2D eigenvalue weighted by Gasteiger charge is 2.28. The highest BCUT2D eigenvalue weighted by Crippen LogP contribution is 2.25. The zero-order valence-electron chi connectivity index (χ0n) is 10.9. The van der Waals surface area contributed by atoms with Crippen LogP contribution < -0.4 is 5.32 Å². The maximum Gasteiger partial charge on any atom is 0.231 e. The second-order valence-electron chi connectivity index (χ2n) is 4.89. The maximum absolute atomic E-state index is 12.3. The Morgan fingerprint density at radius 3 is 3.15 bits per heavy atom. The number of benzene rings is 1. The summed E-state index contributed by atoms with van der Waals surface area (Å²) in [4.78, 5) is 12.3. The lowest BCUT2D eigenvalue weighted by Crippen LogP contribution is -2.32. The van der Waals surface area contributed by atoms with Gasteiger partial charge in [0.1, 0.15) is 12.2 Å². The minimum Gasteiger partial charge on any atom is -0.351 e. The van der Waals surface area contributed by atoms with Gasteiger partial charge in [-0.3, -0.25) is 4.79 Å². The van der Waals surface area contributed by atoms with E-state index in [0.29, 0.717) is 11.6 Å². The van der Waals surface area contributed by atoms with Gasteiger partial charge in [-0.15, -0.1) is 10.2 Å². The fourth-order valence-electron chi connectivity index (χ4n) is 2.50. The molecule has 0 saturated heterocycles. The molecule has 0 radical (unpaired) electrons. The SMILES string of the molecule is O=C(NCc1ccccc1Cl)C1CCCn2cnnc21. The van der Waals surface area contributed by atoms with Gasteiger partial charge in [-0.25, -0.2) is 0 Å². The monoisotopic (exact) mass is 290 g/mol. The number of rotatable bonds is 3. The second kappa shape index (κ2) is 5.63. The summed E-state index contributed by atoms with van der Waals surface area (Å²) in [5.41, 5.74) is 0.916. The van der Waals surface area contributed by atoms with Crippen LogP contribution in [0, 0.1) is 0 Å². The number of hydrogen-bond acceptors (Lipinski definition) is 3. The van der Waals surface area contributed by atoms with Crippen molar-refractivity contribution in [3.63, 3.8) is 0 Å². The van der Waals surface area contributed by atoms with E-state index in [-0.39, 0.29) is 11.8 Å². The summed E-state index contributed by atoms with van der Waals surface area (Å²) in [5, 5.41) is 11.5. The average molecular weight is 291 g/mol. The van der Waals surface area contributed by atoms with Gasteiger partial charge in [0.25, 0.3) is 0 Å². The number of carbonyl (C=O) groups is 1. The number of nitrogens with zero attached hydrogens (tertiary/aromatic N) is 3. The Kier molecular flexibility index (Phi) is 3.69. The Morgan fingerprint density at radius 1 is 1.45 bits per heavy atom. The Morgan fingerprint density at radius 2 is 2.30 bits per heavy atom. The van der Waals surface area contributed by atoms with Crippen LogP contribution in [-0.2, 0) is 17.9 Å². The molecule has 1 aromatic heterocycles. The topological polar surface area (TPSA) is 59.8 Å². The first kappa shape index (κ1) is 13.1. The fourth-order valence-corrected chi connectivity index (χ4v) is 2.70. The van der Waals surface area contributed by atoms with Crippen molar-refractivity contribution in [1.29, 1.82) is 0 Å². The highest BCUT2D eigenvalue weighted by atomic mass is 35.5. The van der Waals surface area contributed by atoms with Crippen molar-refractivity contribution in [2.75, 3.05) is 0 Å². The molecule has 104 valence electrons. The van der Waals surface area contributed by atoms with Gasteiger partial charge in [0.15, 0.2) is 0 Å². The van der Waals surface area contributed by atoms with Crippen LogP contribution in [0.3, 0.4) is 0 Å². The third-order valence-electron chi connectivity index (χ3n) is 3.58. The molecule has 0 saturated carbocycles. The number of carbonyl (C=O) groups excluding carboxylic acids is 1. The molecule has 0 fully saturated rings. The molecule has 0 spiro atoms. The van der Waals surface area contributed by atoms with Crippen molar-refractivity contribution in [2.24, 2.45) is 0 Å². The Balaban J connectivity index is 1.68. The number of aromatic nitrogens is 3. The van der Waals surface area contributed by atoms with Gasteiger partial charge in [0.2, 0.25) is 5.91 Å². The number of aryl methyl sites for hydroxylation is 1. The predicted octanol–water partition coefficient (Wildman–Crippen LogP) is 2.13. The molecule has 1 atom stereocenters. The first-order valence-electron chi connectivity index (χ1n) is 6.64. The lowest BCUT2D eigenvalue weighted by Gasteiger charge is -2.21. The van der Waals surface area contributed by atoms with Crippen LogP contribution >= 0.6 is 11.6 Å². The Bertz CT molecular complexity index is 625. The van der Waals surface area contributed by atoms with E-state index in [0.717, 1.165) is 30.8 Å². The first-order chi connectivity index (χ1) is 9.75. The van der Waals surface area contributed by atoms with Crippen LogP contribution in [0.25, 0.3) is 0 Å². The Hall–Kier alpha value is -1.88. The average Bonchev–Trinajstić information content (AvgIpc) is 2.94. The van der Waals surface area contributed by atoms with Gasteiger partial charge >= 0.3 is 0 Å². The molecular formula is C14H15ClN4O. The molecule has 2 aromatic rings. The normalized spacial score (nSPS) is 17.6. The molecule has 1 aliphatic rings. The highest BCUT2D eigenvalue weighted by molar-refractivity contribution is 6.31. The lowest BCUT2D eigenvalue weighted by atomic mass is 9.98. The van der Waals surface area contributed by atoms with E-state index in [1.165, 1.54) is 0 Å². The maximum atomic E-state index is 12.3. The van der Waals surface area contributed by atoms with Crippen molar-refractivity contribution >= 4 is 17.5 Å². The van der Waals surface area contributed by atoms with Gasteiger partial charge in [-0.05, 0) is 24.5 Å². The quantitative estimate of drug-likeness (QED) is 0.942. The van der Waals surface area contributed by atoms with Crippen LogP contribution in [-0.4, -0.2) is 20.7 Å². The van der Waals surface area contributed by atoms with E-state index < -0.39 is 0 Å². The Labute approximate surface area is 122 Å². The largest absolute Gasteiger partial charge is 0.351 e. The fraction of sp³-hybridized carbons (Fsp3) is 0.357. The molecule has 1 unspecified atom stereocenters. The summed E-state index contributed by atoms with van der Waals surface area (Å²) in [6.07, 6.45) is 3.46. The molecule has 2 heterocycles. The first-order valence-corrected chi connectivity index (χ1v) is 7.02. The predicted molar refractivity (Wildman–Crippen MR) is 75.3 cm³/mol. The summed E-state index contributed by atoms with van der Waals surface area (Å²) in [7, 11) is 0. The molecule has 5 nitrogen and oxygen atoms in total. The zero-order chi connectivity index (χ0) is 13.9. The summed E-state index contributed by atoms with van der Waals surface area (Å²) >= 11 is 6.08. The van der Waals surface area contributed by atoms with Crippen molar-refractivity contribution in [1.82, 2.24) is 20.1 Å². The molecule has 1 N–H and O–H groups in total. The van der Waals surface area contributed by atoms with E-state index in [9.17, 15) is 4.79 Å². The molecule has 0 aliphatic carbocycles. The number of hydrogen-bond donors (Lipinski definition) is 1. The van der Waals surface area contributed by atoms with Crippen molar-refractivity contribution in [3.05, 3.63) is 47.0 Å².